The highest BCUT2D eigenvalue weighted by Gasteiger charge is 1.98. The summed E-state index contributed by atoms with van der Waals surface area (Å²) in [6.07, 6.45) is 6.56. The lowest BCUT2D eigenvalue weighted by Crippen LogP contribution is -2.20. The molecule has 1 amide bonds. The Labute approximate surface area is 107 Å². The minimum Gasteiger partial charge on any atom is -0.347 e. The molecule has 0 aliphatic rings. The number of halogens is 1. The summed E-state index contributed by atoms with van der Waals surface area (Å²) in [5.41, 5.74) is 0. The first-order valence-electron chi connectivity index (χ1n) is 4.93. The van der Waals surface area contributed by atoms with Crippen molar-refractivity contribution in [2.45, 2.75) is 6.54 Å². The van der Waals surface area contributed by atoms with Crippen molar-refractivity contribution in [3.05, 3.63) is 45.6 Å². The third kappa shape index (κ3) is 3.72. The second-order valence-electron chi connectivity index (χ2n) is 3.23. The van der Waals surface area contributed by atoms with Gasteiger partial charge >= 0.3 is 0 Å². The van der Waals surface area contributed by atoms with Crippen molar-refractivity contribution < 1.29 is 4.79 Å². The number of carbonyl (C=O) groups excluding carboxylic acids is 1. The molecule has 4 nitrogen and oxygen atoms in total. The van der Waals surface area contributed by atoms with Gasteiger partial charge in [-0.1, -0.05) is 11.6 Å². The number of hydrogen-bond acceptors (Lipinski definition) is 3. The third-order valence-electron chi connectivity index (χ3n) is 1.98. The van der Waals surface area contributed by atoms with E-state index in [0.717, 1.165) is 10.7 Å². The first-order valence-corrected chi connectivity index (χ1v) is 6.13. The van der Waals surface area contributed by atoms with Gasteiger partial charge < -0.3 is 10.3 Å². The Morgan fingerprint density at radius 1 is 1.59 bits per heavy atom. The molecule has 2 aromatic heterocycles. The van der Waals surface area contributed by atoms with Gasteiger partial charge in [-0.25, -0.2) is 4.98 Å². The smallest absolute Gasteiger partial charge is 0.244 e. The van der Waals surface area contributed by atoms with Crippen LogP contribution in [0.4, 0.5) is 0 Å². The maximum absolute atomic E-state index is 11.5. The Morgan fingerprint density at radius 3 is 3.12 bits per heavy atom. The molecule has 0 aliphatic heterocycles. The second kappa shape index (κ2) is 5.65. The normalized spacial score (nSPS) is 10.9. The number of aromatic nitrogens is 2. The quantitative estimate of drug-likeness (QED) is 0.836. The van der Waals surface area contributed by atoms with Gasteiger partial charge in [0, 0.05) is 23.3 Å². The van der Waals surface area contributed by atoms with Crippen molar-refractivity contribution in [2.24, 2.45) is 0 Å². The summed E-state index contributed by atoms with van der Waals surface area (Å²) in [6.45, 7) is 0.390. The lowest BCUT2D eigenvalue weighted by Gasteiger charge is -1.97. The molecule has 0 aromatic carbocycles. The highest BCUT2D eigenvalue weighted by molar-refractivity contribution is 7.17. The predicted octanol–water partition coefficient (Wildman–Crippen LogP) is 2.45. The van der Waals surface area contributed by atoms with Crippen LogP contribution in [0.15, 0.2) is 30.6 Å². The number of carbonyl (C=O) groups is 1. The third-order valence-corrected chi connectivity index (χ3v) is 3.17. The number of thiophene rings is 1. The fourth-order valence-electron chi connectivity index (χ4n) is 1.20. The zero-order valence-corrected chi connectivity index (χ0v) is 10.4. The van der Waals surface area contributed by atoms with E-state index in [1.807, 2.05) is 6.07 Å². The highest BCUT2D eigenvalue weighted by Crippen LogP contribution is 2.22. The molecule has 2 aromatic rings. The highest BCUT2D eigenvalue weighted by atomic mass is 35.5. The minimum atomic E-state index is -0.161. The molecular formula is C11H10ClN3OS. The van der Waals surface area contributed by atoms with Crippen LogP contribution in [-0.2, 0) is 11.3 Å². The van der Waals surface area contributed by atoms with E-state index in [0.29, 0.717) is 10.9 Å². The maximum Gasteiger partial charge on any atom is 0.244 e. The zero-order valence-electron chi connectivity index (χ0n) is 8.81. The summed E-state index contributed by atoms with van der Waals surface area (Å²) in [5, 5.41) is 2.71. The summed E-state index contributed by atoms with van der Waals surface area (Å²) in [6, 6.07) is 3.66. The van der Waals surface area contributed by atoms with Gasteiger partial charge in [-0.15, -0.1) is 11.3 Å². The van der Waals surface area contributed by atoms with E-state index in [4.69, 9.17) is 11.6 Å². The summed E-state index contributed by atoms with van der Waals surface area (Å²) in [5.74, 6) is 0.567. The molecule has 0 spiro atoms. The standard InChI is InChI=1S/C11H10ClN3OS/c12-9-3-1-8(17-9)2-4-11(16)15-7-10-13-5-6-14-10/h1-6H,7H2,(H,13,14)(H,15,16). The summed E-state index contributed by atoms with van der Waals surface area (Å²) < 4.78 is 0.709. The van der Waals surface area contributed by atoms with E-state index in [9.17, 15) is 4.79 Å². The number of H-pyrrole nitrogens is 1. The number of amides is 1. The molecule has 0 atom stereocenters. The number of aromatic amines is 1. The topological polar surface area (TPSA) is 57.8 Å². The molecule has 2 heterocycles. The van der Waals surface area contributed by atoms with E-state index in [2.05, 4.69) is 15.3 Å². The summed E-state index contributed by atoms with van der Waals surface area (Å²) >= 11 is 7.20. The van der Waals surface area contributed by atoms with Crippen LogP contribution in [0.25, 0.3) is 6.08 Å². The molecule has 0 radical (unpaired) electrons. The first-order chi connectivity index (χ1) is 8.24. The van der Waals surface area contributed by atoms with Crippen LogP contribution in [0.3, 0.4) is 0 Å². The van der Waals surface area contributed by atoms with Gasteiger partial charge in [-0.05, 0) is 18.2 Å². The molecule has 2 rings (SSSR count). The largest absolute Gasteiger partial charge is 0.347 e. The van der Waals surface area contributed by atoms with Crippen LogP contribution in [0.5, 0.6) is 0 Å². The summed E-state index contributed by atoms with van der Waals surface area (Å²) in [7, 11) is 0. The Morgan fingerprint density at radius 2 is 2.47 bits per heavy atom. The molecule has 2 N–H and O–H groups in total. The Hall–Kier alpha value is -1.59. The Bertz CT molecular complexity index is 519. The fourth-order valence-corrected chi connectivity index (χ4v) is 2.16. The molecule has 17 heavy (non-hydrogen) atoms. The van der Waals surface area contributed by atoms with Crippen molar-refractivity contribution in [3.63, 3.8) is 0 Å². The predicted molar refractivity (Wildman–Crippen MR) is 68.8 cm³/mol. The van der Waals surface area contributed by atoms with Gasteiger partial charge in [0.1, 0.15) is 5.82 Å². The zero-order chi connectivity index (χ0) is 12.1. The van der Waals surface area contributed by atoms with Crippen molar-refractivity contribution in [3.8, 4) is 0 Å². The first kappa shape index (κ1) is 11.9. The van der Waals surface area contributed by atoms with Crippen molar-refractivity contribution in [1.29, 1.82) is 0 Å². The van der Waals surface area contributed by atoms with Crippen LogP contribution in [0.2, 0.25) is 4.34 Å². The van der Waals surface area contributed by atoms with Gasteiger partial charge in [-0.2, -0.15) is 0 Å². The Balaban J connectivity index is 1.83. The van der Waals surface area contributed by atoms with Crippen LogP contribution in [0, 0.1) is 0 Å². The SMILES string of the molecule is O=C(C=Cc1ccc(Cl)s1)NCc1ncc[nH]1. The number of hydrogen-bond donors (Lipinski definition) is 2. The van der Waals surface area contributed by atoms with E-state index in [1.165, 1.54) is 17.4 Å². The second-order valence-corrected chi connectivity index (χ2v) is 4.98. The molecule has 88 valence electrons. The molecule has 0 bridgehead atoms. The molecular weight excluding hydrogens is 258 g/mol. The van der Waals surface area contributed by atoms with Gasteiger partial charge in [0.05, 0.1) is 10.9 Å². The fraction of sp³-hybridized carbons (Fsp3) is 0.0909. The summed E-state index contributed by atoms with van der Waals surface area (Å²) in [4.78, 5) is 19.3. The van der Waals surface area contributed by atoms with Crippen LogP contribution >= 0.6 is 22.9 Å². The molecule has 0 saturated heterocycles. The van der Waals surface area contributed by atoms with Gasteiger partial charge in [0.25, 0.3) is 0 Å². The van der Waals surface area contributed by atoms with Crippen LogP contribution in [0.1, 0.15) is 10.7 Å². The van der Waals surface area contributed by atoms with Crippen LogP contribution < -0.4 is 5.32 Å². The van der Waals surface area contributed by atoms with E-state index in [-0.39, 0.29) is 5.91 Å². The van der Waals surface area contributed by atoms with Gasteiger partial charge in [0.2, 0.25) is 5.91 Å². The van der Waals surface area contributed by atoms with Gasteiger partial charge in [0.15, 0.2) is 0 Å². The monoisotopic (exact) mass is 267 g/mol. The van der Waals surface area contributed by atoms with E-state index in [1.54, 1.807) is 24.5 Å². The molecule has 0 fully saturated rings. The molecule has 0 saturated carbocycles. The molecule has 0 unspecified atom stereocenters. The average Bonchev–Trinajstić information content (AvgIpc) is 2.95. The molecule has 6 heteroatoms. The lowest BCUT2D eigenvalue weighted by atomic mass is 10.4. The number of rotatable bonds is 4. The maximum atomic E-state index is 11.5. The number of nitrogens with one attached hydrogen (secondary N) is 2. The van der Waals surface area contributed by atoms with Crippen molar-refractivity contribution >= 4 is 34.9 Å². The van der Waals surface area contributed by atoms with E-state index < -0.39 is 0 Å². The minimum absolute atomic E-state index is 0.161. The van der Waals surface area contributed by atoms with Crippen molar-refractivity contribution in [1.82, 2.24) is 15.3 Å². The number of imidazole rings is 1. The van der Waals surface area contributed by atoms with Crippen molar-refractivity contribution in [2.75, 3.05) is 0 Å². The Kier molecular flexibility index (Phi) is 3.95. The van der Waals surface area contributed by atoms with E-state index >= 15 is 0 Å². The average molecular weight is 268 g/mol. The lowest BCUT2D eigenvalue weighted by molar-refractivity contribution is -0.116. The van der Waals surface area contributed by atoms with Crippen LogP contribution in [-0.4, -0.2) is 15.9 Å². The number of nitrogens with zero attached hydrogens (tertiary/aromatic N) is 1. The van der Waals surface area contributed by atoms with Gasteiger partial charge in [-0.3, -0.25) is 4.79 Å². The molecule has 0 aliphatic carbocycles.